The van der Waals surface area contributed by atoms with E-state index in [4.69, 9.17) is 10.5 Å². The number of carbonyl (C=O) groups excluding carboxylic acids is 1. The van der Waals surface area contributed by atoms with Crippen LogP contribution in [0.2, 0.25) is 0 Å². The smallest absolute Gasteiger partial charge is 0.228 e. The van der Waals surface area contributed by atoms with Crippen LogP contribution >= 0.6 is 0 Å². The molecule has 21 heavy (non-hydrogen) atoms. The van der Waals surface area contributed by atoms with Crippen LogP contribution in [-0.4, -0.2) is 42.4 Å². The van der Waals surface area contributed by atoms with Crippen LogP contribution in [0.4, 0.5) is 17.1 Å². The lowest BCUT2D eigenvalue weighted by Crippen LogP contribution is -2.54. The molecule has 2 aliphatic rings. The summed E-state index contributed by atoms with van der Waals surface area (Å²) in [6, 6.07) is 3.78. The number of anilines is 3. The fourth-order valence-electron chi connectivity index (χ4n) is 3.13. The number of hydrogen-bond acceptors (Lipinski definition) is 5. The van der Waals surface area contributed by atoms with Crippen molar-refractivity contribution in [3.8, 4) is 0 Å². The normalized spacial score (nSPS) is 23.9. The van der Waals surface area contributed by atoms with Crippen LogP contribution in [0.3, 0.4) is 0 Å². The van der Waals surface area contributed by atoms with Crippen molar-refractivity contribution in [2.24, 2.45) is 0 Å². The lowest BCUT2D eigenvalue weighted by molar-refractivity contribution is -0.115. The Bertz CT molecular complexity index is 586. The van der Waals surface area contributed by atoms with Gasteiger partial charge in [0.2, 0.25) is 5.91 Å². The lowest BCUT2D eigenvalue weighted by Gasteiger charge is -2.43. The molecule has 2 aliphatic heterocycles. The fourth-order valence-corrected chi connectivity index (χ4v) is 3.13. The van der Waals surface area contributed by atoms with Gasteiger partial charge in [0.1, 0.15) is 0 Å². The maximum Gasteiger partial charge on any atom is 0.228 e. The van der Waals surface area contributed by atoms with E-state index in [2.05, 4.69) is 10.2 Å². The number of carbonyl (C=O) groups is 1. The molecule has 2 heterocycles. The van der Waals surface area contributed by atoms with Gasteiger partial charge in [-0.3, -0.25) is 4.79 Å². The second kappa shape index (κ2) is 4.89. The van der Waals surface area contributed by atoms with Crippen LogP contribution < -0.4 is 16.0 Å². The number of nitrogens with one attached hydrogen (secondary N) is 1. The molecule has 1 unspecified atom stereocenters. The summed E-state index contributed by atoms with van der Waals surface area (Å²) in [6.45, 7) is 5.22. The molecule has 1 fully saturated rings. The van der Waals surface area contributed by atoms with E-state index in [0.717, 1.165) is 16.9 Å². The lowest BCUT2D eigenvalue weighted by atomic mass is 10.0. The summed E-state index contributed by atoms with van der Waals surface area (Å²) in [5.74, 6) is -0.00269. The molecule has 1 amide bonds. The standard InChI is InChI=1S/C15H21N3O3/c1-15(2)8-18(6-10(7-19)21-15)13-5-12-9(3-11(13)16)4-14(20)17-12/h3,5,10,19H,4,6-8,16H2,1-2H3,(H,17,20). The minimum Gasteiger partial charge on any atom is -0.397 e. The molecule has 0 spiro atoms. The number of hydrogen-bond donors (Lipinski definition) is 3. The highest BCUT2D eigenvalue weighted by Gasteiger charge is 2.34. The Morgan fingerprint density at radius 3 is 3.00 bits per heavy atom. The highest BCUT2D eigenvalue weighted by molar-refractivity contribution is 6.00. The number of fused-ring (bicyclic) bond motifs is 1. The monoisotopic (exact) mass is 291 g/mol. The van der Waals surface area contributed by atoms with Crippen molar-refractivity contribution < 1.29 is 14.6 Å². The quantitative estimate of drug-likeness (QED) is 0.700. The van der Waals surface area contributed by atoms with Gasteiger partial charge in [-0.2, -0.15) is 0 Å². The van der Waals surface area contributed by atoms with Crippen molar-refractivity contribution >= 4 is 23.0 Å². The summed E-state index contributed by atoms with van der Waals surface area (Å²) < 4.78 is 5.82. The van der Waals surface area contributed by atoms with Gasteiger partial charge in [0.25, 0.3) is 0 Å². The molecule has 6 nitrogen and oxygen atoms in total. The second-order valence-electron chi connectivity index (χ2n) is 6.36. The first-order valence-electron chi connectivity index (χ1n) is 7.14. The first-order valence-corrected chi connectivity index (χ1v) is 7.14. The molecular formula is C15H21N3O3. The SMILES string of the molecule is CC1(C)CN(c2cc3c(cc2N)CC(=O)N3)CC(CO)O1. The van der Waals surface area contributed by atoms with Crippen LogP contribution in [0.15, 0.2) is 12.1 Å². The van der Waals surface area contributed by atoms with E-state index in [1.807, 2.05) is 26.0 Å². The third kappa shape index (κ3) is 2.69. The average molecular weight is 291 g/mol. The Hall–Kier alpha value is -1.79. The van der Waals surface area contributed by atoms with Crippen molar-refractivity contribution in [3.05, 3.63) is 17.7 Å². The molecule has 6 heteroatoms. The number of nitrogen functional groups attached to an aromatic ring is 1. The summed E-state index contributed by atoms with van der Waals surface area (Å²) in [5, 5.41) is 12.3. The van der Waals surface area contributed by atoms with Gasteiger partial charge >= 0.3 is 0 Å². The van der Waals surface area contributed by atoms with E-state index in [1.54, 1.807) is 0 Å². The van der Waals surface area contributed by atoms with E-state index in [9.17, 15) is 9.90 Å². The third-order valence-electron chi connectivity index (χ3n) is 3.90. The molecule has 1 aromatic carbocycles. The zero-order valence-electron chi connectivity index (χ0n) is 12.3. The largest absolute Gasteiger partial charge is 0.397 e. The van der Waals surface area contributed by atoms with E-state index < -0.39 is 0 Å². The number of ether oxygens (including phenoxy) is 1. The summed E-state index contributed by atoms with van der Waals surface area (Å²) in [4.78, 5) is 13.6. The molecule has 0 radical (unpaired) electrons. The minimum absolute atomic E-state index is 0.00269. The van der Waals surface area contributed by atoms with Crippen molar-refractivity contribution in [2.75, 3.05) is 35.6 Å². The van der Waals surface area contributed by atoms with Gasteiger partial charge in [-0.15, -0.1) is 0 Å². The number of nitrogens with zero attached hydrogens (tertiary/aromatic N) is 1. The number of rotatable bonds is 2. The molecule has 4 N–H and O–H groups in total. The molecular weight excluding hydrogens is 270 g/mol. The fraction of sp³-hybridized carbons (Fsp3) is 0.533. The van der Waals surface area contributed by atoms with E-state index in [0.29, 0.717) is 25.2 Å². The highest BCUT2D eigenvalue weighted by atomic mass is 16.5. The molecule has 0 bridgehead atoms. The van der Waals surface area contributed by atoms with Crippen LogP contribution in [0.1, 0.15) is 19.4 Å². The molecule has 0 saturated carbocycles. The Labute approximate surface area is 123 Å². The Morgan fingerprint density at radius 1 is 1.52 bits per heavy atom. The zero-order valence-corrected chi connectivity index (χ0v) is 12.3. The first kappa shape index (κ1) is 14.2. The van der Waals surface area contributed by atoms with Gasteiger partial charge in [0.15, 0.2) is 0 Å². The Morgan fingerprint density at radius 2 is 2.29 bits per heavy atom. The van der Waals surface area contributed by atoms with Crippen LogP contribution in [0.25, 0.3) is 0 Å². The molecule has 3 rings (SSSR count). The van der Waals surface area contributed by atoms with Crippen LogP contribution in [0, 0.1) is 0 Å². The molecule has 1 atom stereocenters. The summed E-state index contributed by atoms with van der Waals surface area (Å²) in [5.41, 5.74) is 9.10. The van der Waals surface area contributed by atoms with E-state index >= 15 is 0 Å². The summed E-state index contributed by atoms with van der Waals surface area (Å²) >= 11 is 0. The second-order valence-corrected chi connectivity index (χ2v) is 6.36. The maximum atomic E-state index is 11.5. The number of aliphatic hydroxyl groups is 1. The topological polar surface area (TPSA) is 87.8 Å². The van der Waals surface area contributed by atoms with Gasteiger partial charge in [-0.05, 0) is 31.5 Å². The van der Waals surface area contributed by atoms with Crippen molar-refractivity contribution in [1.82, 2.24) is 0 Å². The van der Waals surface area contributed by atoms with Gasteiger partial charge in [-0.1, -0.05) is 0 Å². The van der Waals surface area contributed by atoms with Gasteiger partial charge in [-0.25, -0.2) is 0 Å². The number of benzene rings is 1. The molecule has 114 valence electrons. The summed E-state index contributed by atoms with van der Waals surface area (Å²) in [7, 11) is 0. The zero-order chi connectivity index (χ0) is 15.2. The van der Waals surface area contributed by atoms with E-state index in [-0.39, 0.29) is 24.2 Å². The van der Waals surface area contributed by atoms with Gasteiger partial charge in [0, 0.05) is 18.8 Å². The molecule has 0 aromatic heterocycles. The van der Waals surface area contributed by atoms with Gasteiger partial charge in [0.05, 0.1) is 36.1 Å². The van der Waals surface area contributed by atoms with Crippen molar-refractivity contribution in [1.29, 1.82) is 0 Å². The number of nitrogens with two attached hydrogens (primary N) is 1. The Kier molecular flexibility index (Phi) is 3.30. The van der Waals surface area contributed by atoms with Gasteiger partial charge < -0.3 is 25.8 Å². The maximum absolute atomic E-state index is 11.5. The predicted molar refractivity (Wildman–Crippen MR) is 81.4 cm³/mol. The van der Waals surface area contributed by atoms with Crippen LogP contribution in [0.5, 0.6) is 0 Å². The Balaban J connectivity index is 1.93. The third-order valence-corrected chi connectivity index (χ3v) is 3.90. The highest BCUT2D eigenvalue weighted by Crippen LogP contribution is 2.36. The van der Waals surface area contributed by atoms with Crippen LogP contribution in [-0.2, 0) is 16.0 Å². The minimum atomic E-state index is -0.361. The molecule has 1 saturated heterocycles. The summed E-state index contributed by atoms with van der Waals surface area (Å²) in [6.07, 6.45) is 0.143. The number of morpholine rings is 1. The number of aliphatic hydroxyl groups excluding tert-OH is 1. The van der Waals surface area contributed by atoms with E-state index in [1.165, 1.54) is 0 Å². The predicted octanol–water partition coefficient (Wildman–Crippen LogP) is 0.740. The first-order chi connectivity index (χ1) is 9.88. The van der Waals surface area contributed by atoms with Crippen molar-refractivity contribution in [3.63, 3.8) is 0 Å². The van der Waals surface area contributed by atoms with Crippen molar-refractivity contribution in [2.45, 2.75) is 32.0 Å². The average Bonchev–Trinajstić information content (AvgIpc) is 2.74. The molecule has 1 aromatic rings. The molecule has 0 aliphatic carbocycles. The number of amides is 1.